The summed E-state index contributed by atoms with van der Waals surface area (Å²) in [5, 5.41) is 14.7. The van der Waals surface area contributed by atoms with E-state index in [2.05, 4.69) is 21.5 Å². The molecule has 1 aromatic rings. The molecule has 156 valence electrons. The smallest absolute Gasteiger partial charge is 0.475 e. The number of aromatic nitrogens is 2. The summed E-state index contributed by atoms with van der Waals surface area (Å²) in [5.74, 6) is -1.31. The van der Waals surface area contributed by atoms with Gasteiger partial charge in [-0.05, 0) is 37.2 Å². The number of carbonyl (C=O) groups excluding carboxylic acids is 1. The van der Waals surface area contributed by atoms with E-state index in [9.17, 15) is 18.0 Å². The molecular weight excluding hydrogens is 377 g/mol. The van der Waals surface area contributed by atoms with Gasteiger partial charge in [-0.3, -0.25) is 9.48 Å². The Balaban J connectivity index is 0.000000279. The normalized spacial score (nSPS) is 24.6. The standard InChI is InChI=1S/C16H24N4O.C2HF3O2/c1-19-11-13(9-17-19)14-8-15(21)18-16(14)4-6-20(7-5-16)10-12-2-3-12;3-2(4,5)1(6)7/h9,11-12,14H,2-8,10H2,1H3,(H,18,21);(H,6,7). The molecule has 4 rings (SSSR count). The molecule has 1 unspecified atom stereocenters. The van der Waals surface area contributed by atoms with Gasteiger partial charge in [0, 0.05) is 50.8 Å². The maximum absolute atomic E-state index is 12.0. The third kappa shape index (κ3) is 4.84. The zero-order valence-corrected chi connectivity index (χ0v) is 15.7. The van der Waals surface area contributed by atoms with Gasteiger partial charge in [0.05, 0.1) is 6.20 Å². The number of piperidine rings is 1. The second-order valence-corrected chi connectivity index (χ2v) is 7.96. The fraction of sp³-hybridized carbons (Fsp3) is 0.722. The van der Waals surface area contributed by atoms with Crippen LogP contribution in [0.25, 0.3) is 0 Å². The molecular formula is C18H25F3N4O3. The minimum Gasteiger partial charge on any atom is -0.475 e. The quantitative estimate of drug-likeness (QED) is 0.807. The van der Waals surface area contributed by atoms with Gasteiger partial charge in [-0.1, -0.05) is 0 Å². The molecule has 3 fully saturated rings. The van der Waals surface area contributed by atoms with Gasteiger partial charge in [-0.15, -0.1) is 0 Å². The first-order chi connectivity index (χ1) is 13.1. The number of amides is 1. The average Bonchev–Trinajstić information content (AvgIpc) is 3.23. The second kappa shape index (κ2) is 7.73. The number of aliphatic carboxylic acids is 1. The zero-order valence-electron chi connectivity index (χ0n) is 15.7. The third-order valence-electron chi connectivity index (χ3n) is 5.78. The Bertz CT molecular complexity index is 722. The number of likely N-dealkylation sites (tertiary alicyclic amines) is 1. The lowest BCUT2D eigenvalue weighted by atomic mass is 9.75. The van der Waals surface area contributed by atoms with Crippen molar-refractivity contribution in [2.45, 2.75) is 49.7 Å². The monoisotopic (exact) mass is 402 g/mol. The number of hydrogen-bond acceptors (Lipinski definition) is 4. The summed E-state index contributed by atoms with van der Waals surface area (Å²) >= 11 is 0. The van der Waals surface area contributed by atoms with E-state index in [1.807, 2.05) is 17.9 Å². The van der Waals surface area contributed by atoms with E-state index < -0.39 is 12.1 Å². The van der Waals surface area contributed by atoms with Crippen molar-refractivity contribution in [2.24, 2.45) is 13.0 Å². The first-order valence-electron chi connectivity index (χ1n) is 9.41. The Morgan fingerprint density at radius 1 is 1.36 bits per heavy atom. The minimum atomic E-state index is -5.08. The summed E-state index contributed by atoms with van der Waals surface area (Å²) in [6.07, 6.45) is 4.52. The highest BCUT2D eigenvalue weighted by atomic mass is 19.4. The van der Waals surface area contributed by atoms with E-state index in [4.69, 9.17) is 9.90 Å². The molecule has 3 heterocycles. The summed E-state index contributed by atoms with van der Waals surface area (Å²) in [4.78, 5) is 23.5. The van der Waals surface area contributed by atoms with Crippen LogP contribution in [0.2, 0.25) is 0 Å². The Morgan fingerprint density at radius 2 is 1.96 bits per heavy atom. The molecule has 28 heavy (non-hydrogen) atoms. The lowest BCUT2D eigenvalue weighted by Gasteiger charge is -2.42. The summed E-state index contributed by atoms with van der Waals surface area (Å²) < 4.78 is 33.6. The molecule has 7 nitrogen and oxygen atoms in total. The summed E-state index contributed by atoms with van der Waals surface area (Å²) in [6, 6.07) is 0. The molecule has 1 spiro atoms. The van der Waals surface area contributed by atoms with Gasteiger partial charge < -0.3 is 15.3 Å². The summed E-state index contributed by atoms with van der Waals surface area (Å²) in [6.45, 7) is 3.50. The molecule has 1 atom stereocenters. The fourth-order valence-corrected chi connectivity index (χ4v) is 4.13. The lowest BCUT2D eigenvalue weighted by molar-refractivity contribution is -0.192. The molecule has 0 aromatic carbocycles. The third-order valence-corrected chi connectivity index (χ3v) is 5.78. The zero-order chi connectivity index (χ0) is 20.5. The number of nitrogens with zero attached hydrogens (tertiary/aromatic N) is 3. The second-order valence-electron chi connectivity index (χ2n) is 7.96. The minimum absolute atomic E-state index is 0.0276. The summed E-state index contributed by atoms with van der Waals surface area (Å²) in [7, 11) is 1.94. The van der Waals surface area contributed by atoms with Crippen molar-refractivity contribution in [3.63, 3.8) is 0 Å². The molecule has 0 radical (unpaired) electrons. The fourth-order valence-electron chi connectivity index (χ4n) is 4.13. The molecule has 1 amide bonds. The van der Waals surface area contributed by atoms with Crippen molar-refractivity contribution >= 4 is 11.9 Å². The highest BCUT2D eigenvalue weighted by molar-refractivity contribution is 5.81. The van der Waals surface area contributed by atoms with Gasteiger partial charge in [-0.2, -0.15) is 18.3 Å². The van der Waals surface area contributed by atoms with Crippen LogP contribution in [-0.4, -0.2) is 63.0 Å². The topological polar surface area (TPSA) is 87.5 Å². The van der Waals surface area contributed by atoms with Crippen LogP contribution in [0, 0.1) is 5.92 Å². The largest absolute Gasteiger partial charge is 0.490 e. The first-order valence-corrected chi connectivity index (χ1v) is 9.41. The molecule has 2 saturated heterocycles. The van der Waals surface area contributed by atoms with Gasteiger partial charge in [-0.25, -0.2) is 4.79 Å². The van der Waals surface area contributed by atoms with Crippen LogP contribution >= 0.6 is 0 Å². The number of carboxylic acids is 1. The Kier molecular flexibility index (Phi) is 5.69. The highest BCUT2D eigenvalue weighted by Gasteiger charge is 2.49. The van der Waals surface area contributed by atoms with E-state index in [1.54, 1.807) is 0 Å². The lowest BCUT2D eigenvalue weighted by Crippen LogP contribution is -2.53. The van der Waals surface area contributed by atoms with Crippen LogP contribution in [0.3, 0.4) is 0 Å². The number of nitrogens with one attached hydrogen (secondary N) is 1. The van der Waals surface area contributed by atoms with Gasteiger partial charge in [0.2, 0.25) is 5.91 Å². The number of carbonyl (C=O) groups is 2. The van der Waals surface area contributed by atoms with E-state index in [0.717, 1.165) is 31.8 Å². The molecule has 10 heteroatoms. The molecule has 3 aliphatic rings. The van der Waals surface area contributed by atoms with Gasteiger partial charge >= 0.3 is 12.1 Å². The van der Waals surface area contributed by atoms with Gasteiger partial charge in [0.1, 0.15) is 0 Å². The molecule has 2 N–H and O–H groups in total. The van der Waals surface area contributed by atoms with E-state index in [-0.39, 0.29) is 11.4 Å². The molecule has 1 saturated carbocycles. The van der Waals surface area contributed by atoms with Crippen LogP contribution in [0.4, 0.5) is 13.2 Å². The number of aryl methyl sites for hydroxylation is 1. The van der Waals surface area contributed by atoms with Crippen molar-refractivity contribution in [1.29, 1.82) is 0 Å². The predicted octanol–water partition coefficient (Wildman–Crippen LogP) is 1.90. The number of alkyl halides is 3. The molecule has 0 bridgehead atoms. The molecule has 1 aromatic heterocycles. The molecule has 2 aliphatic heterocycles. The predicted molar refractivity (Wildman–Crippen MR) is 93.5 cm³/mol. The maximum atomic E-state index is 12.0. The van der Waals surface area contributed by atoms with Crippen LogP contribution in [0.1, 0.15) is 43.6 Å². The van der Waals surface area contributed by atoms with Crippen molar-refractivity contribution in [2.75, 3.05) is 19.6 Å². The Hall–Kier alpha value is -2.10. The Morgan fingerprint density at radius 3 is 2.43 bits per heavy atom. The summed E-state index contributed by atoms with van der Waals surface area (Å²) in [5.41, 5.74) is 1.19. The average molecular weight is 402 g/mol. The van der Waals surface area contributed by atoms with Crippen molar-refractivity contribution in [3.8, 4) is 0 Å². The Labute approximate surface area is 160 Å². The van der Waals surface area contributed by atoms with E-state index >= 15 is 0 Å². The SMILES string of the molecule is Cn1cc(C2CC(=O)NC23CCN(CC2CC2)CC3)cn1.O=C(O)C(F)(F)F. The van der Waals surface area contributed by atoms with E-state index in [1.165, 1.54) is 24.9 Å². The maximum Gasteiger partial charge on any atom is 0.490 e. The van der Waals surface area contributed by atoms with Crippen molar-refractivity contribution < 1.29 is 27.9 Å². The number of hydrogen-bond donors (Lipinski definition) is 2. The number of rotatable bonds is 3. The van der Waals surface area contributed by atoms with E-state index in [0.29, 0.717) is 12.3 Å². The molecule has 1 aliphatic carbocycles. The van der Waals surface area contributed by atoms with Crippen LogP contribution < -0.4 is 5.32 Å². The number of carboxylic acid groups (broad SMARTS) is 1. The number of halogens is 3. The van der Waals surface area contributed by atoms with Crippen LogP contribution in [0.15, 0.2) is 12.4 Å². The van der Waals surface area contributed by atoms with Gasteiger partial charge in [0.15, 0.2) is 0 Å². The van der Waals surface area contributed by atoms with Crippen LogP contribution in [-0.2, 0) is 16.6 Å². The highest BCUT2D eigenvalue weighted by Crippen LogP contribution is 2.43. The van der Waals surface area contributed by atoms with Gasteiger partial charge in [0.25, 0.3) is 0 Å². The van der Waals surface area contributed by atoms with Crippen LogP contribution in [0.5, 0.6) is 0 Å². The first kappa shape index (κ1) is 20.6. The van der Waals surface area contributed by atoms with Crippen molar-refractivity contribution in [3.05, 3.63) is 18.0 Å². The van der Waals surface area contributed by atoms with Crippen molar-refractivity contribution in [1.82, 2.24) is 20.0 Å².